The second-order valence-electron chi connectivity index (χ2n) is 6.80. The number of nitrogens with zero attached hydrogens (tertiary/aromatic N) is 2. The second-order valence-corrected chi connectivity index (χ2v) is 9.24. The summed E-state index contributed by atoms with van der Waals surface area (Å²) in [6.45, 7) is 4.28. The topological polar surface area (TPSA) is 87.2 Å². The van der Waals surface area contributed by atoms with E-state index in [1.165, 1.54) is 24.2 Å². The fourth-order valence-electron chi connectivity index (χ4n) is 2.46. The van der Waals surface area contributed by atoms with Gasteiger partial charge in [0.05, 0.1) is 11.6 Å². The van der Waals surface area contributed by atoms with E-state index in [1.54, 1.807) is 25.1 Å². The molecule has 0 radical (unpaired) electrons. The molecule has 1 aromatic carbocycles. The summed E-state index contributed by atoms with van der Waals surface area (Å²) in [6.07, 6.45) is 1.46. The largest absolute Gasteiger partial charge is 0.320 e. The van der Waals surface area contributed by atoms with Gasteiger partial charge in [0.15, 0.2) is 4.75 Å². The summed E-state index contributed by atoms with van der Waals surface area (Å²) in [7, 11) is -3.87. The van der Waals surface area contributed by atoms with Crippen LogP contribution in [0.2, 0.25) is 0 Å². The summed E-state index contributed by atoms with van der Waals surface area (Å²) in [5, 5.41) is 9.19. The maximum Gasteiger partial charge on any atom is 0.233 e. The van der Waals surface area contributed by atoms with Crippen LogP contribution in [0.15, 0.2) is 24.3 Å². The van der Waals surface area contributed by atoms with Crippen molar-refractivity contribution in [1.29, 1.82) is 5.26 Å². The zero-order valence-electron chi connectivity index (χ0n) is 13.6. The van der Waals surface area contributed by atoms with Gasteiger partial charge in [-0.2, -0.15) is 9.57 Å². The highest BCUT2D eigenvalue weighted by molar-refractivity contribution is 7.90. The Kier molecular flexibility index (Phi) is 4.55. The van der Waals surface area contributed by atoms with Crippen LogP contribution in [0.3, 0.4) is 0 Å². The maximum absolute atomic E-state index is 14.0. The van der Waals surface area contributed by atoms with Gasteiger partial charge in [-0.1, -0.05) is 18.2 Å². The molecule has 1 aliphatic carbocycles. The van der Waals surface area contributed by atoms with Crippen molar-refractivity contribution in [2.75, 3.05) is 6.54 Å². The van der Waals surface area contributed by atoms with Gasteiger partial charge in [0.1, 0.15) is 5.82 Å². The van der Waals surface area contributed by atoms with Crippen molar-refractivity contribution >= 4 is 10.0 Å². The SMILES string of the molecule is CC(N)(CN(C1CC1)S(=O)(=O)C(C)(C)C#N)c1ccccc1F. The molecule has 1 saturated carbocycles. The average Bonchev–Trinajstić information content (AvgIpc) is 3.29. The predicted molar refractivity (Wildman–Crippen MR) is 86.3 cm³/mol. The molecular weight excluding hydrogens is 317 g/mol. The van der Waals surface area contributed by atoms with Crippen molar-refractivity contribution in [2.24, 2.45) is 5.73 Å². The third-order valence-corrected chi connectivity index (χ3v) is 6.58. The van der Waals surface area contributed by atoms with Gasteiger partial charge in [0.2, 0.25) is 10.0 Å². The molecule has 1 aromatic rings. The highest BCUT2D eigenvalue weighted by Crippen LogP contribution is 2.36. The summed E-state index contributed by atoms with van der Waals surface area (Å²) in [5.41, 5.74) is 5.33. The Hall–Kier alpha value is -1.49. The molecule has 126 valence electrons. The fraction of sp³-hybridized carbons (Fsp3) is 0.562. The number of hydrogen-bond donors (Lipinski definition) is 1. The Balaban J connectivity index is 2.38. The minimum Gasteiger partial charge on any atom is -0.320 e. The molecule has 2 N–H and O–H groups in total. The van der Waals surface area contributed by atoms with Crippen LogP contribution >= 0.6 is 0 Å². The van der Waals surface area contributed by atoms with Crippen LogP contribution in [-0.2, 0) is 15.6 Å². The Bertz CT molecular complexity index is 734. The Morgan fingerprint density at radius 3 is 2.39 bits per heavy atom. The van der Waals surface area contributed by atoms with E-state index < -0.39 is 26.1 Å². The normalized spacial score (nSPS) is 18.5. The Labute approximate surface area is 136 Å². The van der Waals surface area contributed by atoms with E-state index in [0.717, 1.165) is 12.8 Å². The number of hydrogen-bond acceptors (Lipinski definition) is 4. The molecule has 7 heteroatoms. The van der Waals surface area contributed by atoms with Gasteiger partial charge in [-0.25, -0.2) is 12.8 Å². The van der Waals surface area contributed by atoms with Crippen molar-refractivity contribution in [2.45, 2.75) is 49.9 Å². The molecule has 0 saturated heterocycles. The van der Waals surface area contributed by atoms with E-state index >= 15 is 0 Å². The molecule has 1 unspecified atom stereocenters. The summed E-state index contributed by atoms with van der Waals surface area (Å²) in [6, 6.07) is 7.76. The fourth-order valence-corrected chi connectivity index (χ4v) is 4.20. The van der Waals surface area contributed by atoms with E-state index in [0.29, 0.717) is 0 Å². The van der Waals surface area contributed by atoms with E-state index in [-0.39, 0.29) is 18.2 Å². The van der Waals surface area contributed by atoms with Crippen LogP contribution in [0.25, 0.3) is 0 Å². The van der Waals surface area contributed by atoms with E-state index in [9.17, 15) is 18.1 Å². The van der Waals surface area contributed by atoms with Crippen LogP contribution in [0.1, 0.15) is 39.2 Å². The lowest BCUT2D eigenvalue weighted by Gasteiger charge is -2.35. The van der Waals surface area contributed by atoms with E-state index in [4.69, 9.17) is 5.73 Å². The van der Waals surface area contributed by atoms with E-state index in [1.807, 2.05) is 6.07 Å². The van der Waals surface area contributed by atoms with Crippen LogP contribution < -0.4 is 5.73 Å². The summed E-state index contributed by atoms with van der Waals surface area (Å²) in [5.74, 6) is -0.467. The number of rotatable bonds is 6. The zero-order valence-corrected chi connectivity index (χ0v) is 14.4. The first-order chi connectivity index (χ1) is 10.5. The van der Waals surface area contributed by atoms with Gasteiger partial charge in [0, 0.05) is 18.2 Å². The Morgan fingerprint density at radius 1 is 1.35 bits per heavy atom. The molecule has 0 amide bonds. The minimum atomic E-state index is -3.87. The minimum absolute atomic E-state index is 0.0634. The van der Waals surface area contributed by atoms with Gasteiger partial charge in [0.25, 0.3) is 0 Å². The molecule has 0 spiro atoms. The van der Waals surface area contributed by atoms with Gasteiger partial charge in [-0.05, 0) is 39.7 Å². The lowest BCUT2D eigenvalue weighted by molar-refractivity contribution is 0.304. The smallest absolute Gasteiger partial charge is 0.233 e. The van der Waals surface area contributed by atoms with Crippen molar-refractivity contribution in [1.82, 2.24) is 4.31 Å². The van der Waals surface area contributed by atoms with Gasteiger partial charge in [-0.3, -0.25) is 0 Å². The summed E-state index contributed by atoms with van der Waals surface area (Å²) >= 11 is 0. The molecule has 1 atom stereocenters. The predicted octanol–water partition coefficient (Wildman–Crippen LogP) is 2.10. The van der Waals surface area contributed by atoms with Crippen molar-refractivity contribution in [3.63, 3.8) is 0 Å². The van der Waals surface area contributed by atoms with Gasteiger partial charge in [-0.15, -0.1) is 0 Å². The number of sulfonamides is 1. The maximum atomic E-state index is 14.0. The molecule has 2 rings (SSSR count). The van der Waals surface area contributed by atoms with Crippen LogP contribution in [0.4, 0.5) is 4.39 Å². The highest BCUT2D eigenvalue weighted by Gasteiger charge is 2.48. The van der Waals surface area contributed by atoms with Gasteiger partial charge >= 0.3 is 0 Å². The molecule has 5 nitrogen and oxygen atoms in total. The van der Waals surface area contributed by atoms with Crippen molar-refractivity contribution < 1.29 is 12.8 Å². The quantitative estimate of drug-likeness (QED) is 0.860. The number of nitriles is 1. The zero-order chi connectivity index (χ0) is 17.5. The first-order valence-electron chi connectivity index (χ1n) is 7.49. The third kappa shape index (κ3) is 3.39. The number of benzene rings is 1. The summed E-state index contributed by atoms with van der Waals surface area (Å²) in [4.78, 5) is 0. The van der Waals surface area contributed by atoms with Crippen LogP contribution in [0, 0.1) is 17.1 Å². The lowest BCUT2D eigenvalue weighted by atomic mass is 9.92. The first kappa shape index (κ1) is 17.9. The molecule has 1 fully saturated rings. The summed E-state index contributed by atoms with van der Waals surface area (Å²) < 4.78 is 39.4. The molecule has 0 heterocycles. The monoisotopic (exact) mass is 339 g/mol. The van der Waals surface area contributed by atoms with Crippen molar-refractivity contribution in [3.05, 3.63) is 35.6 Å². The number of nitrogens with two attached hydrogens (primary N) is 1. The molecular formula is C16H22FN3O2S. The molecule has 1 aliphatic rings. The first-order valence-corrected chi connectivity index (χ1v) is 8.93. The van der Waals surface area contributed by atoms with E-state index in [2.05, 4.69) is 0 Å². The van der Waals surface area contributed by atoms with Crippen molar-refractivity contribution in [3.8, 4) is 6.07 Å². The molecule has 23 heavy (non-hydrogen) atoms. The van der Waals surface area contributed by atoms with Gasteiger partial charge < -0.3 is 5.73 Å². The highest BCUT2D eigenvalue weighted by atomic mass is 32.2. The molecule has 0 bridgehead atoms. The lowest BCUT2D eigenvalue weighted by Crippen LogP contribution is -2.53. The Morgan fingerprint density at radius 2 is 1.91 bits per heavy atom. The second kappa shape index (κ2) is 5.86. The van der Waals surface area contributed by atoms with Crippen LogP contribution in [0.5, 0.6) is 0 Å². The molecule has 0 aliphatic heterocycles. The standard InChI is InChI=1S/C16H22FN3O2S/c1-15(2,10-18)23(21,22)20(12-8-9-12)11-16(3,19)13-6-4-5-7-14(13)17/h4-7,12H,8-9,11,19H2,1-3H3. The van der Waals surface area contributed by atoms with Crippen LogP contribution in [-0.4, -0.2) is 30.1 Å². The molecule has 0 aromatic heterocycles. The number of halogens is 1. The average molecular weight is 339 g/mol. The third-order valence-electron chi connectivity index (χ3n) is 4.15.